The van der Waals surface area contributed by atoms with Crippen LogP contribution < -0.4 is 9.64 Å². The van der Waals surface area contributed by atoms with E-state index in [-0.39, 0.29) is 11.3 Å². The monoisotopic (exact) mass is 447 g/mol. The summed E-state index contributed by atoms with van der Waals surface area (Å²) in [7, 11) is 0. The van der Waals surface area contributed by atoms with Gasteiger partial charge in [-0.25, -0.2) is 0 Å². The maximum Gasteiger partial charge on any atom is 0.300 e. The van der Waals surface area contributed by atoms with Gasteiger partial charge in [-0.1, -0.05) is 59.6 Å². The quantitative estimate of drug-likeness (QED) is 0.310. The predicted octanol–water partition coefficient (Wildman–Crippen LogP) is 5.67. The number of benzene rings is 3. The molecule has 162 valence electrons. The lowest BCUT2D eigenvalue weighted by Gasteiger charge is -2.26. The minimum absolute atomic E-state index is 0.0208. The number of carbonyl (C=O) groups excluding carboxylic acids is 2. The predicted molar refractivity (Wildman–Crippen MR) is 125 cm³/mol. The van der Waals surface area contributed by atoms with Crippen LogP contribution in [0.3, 0.4) is 0 Å². The largest absolute Gasteiger partial charge is 0.507 e. The Labute approximate surface area is 191 Å². The zero-order valence-electron chi connectivity index (χ0n) is 17.7. The van der Waals surface area contributed by atoms with Gasteiger partial charge in [0.2, 0.25) is 0 Å². The van der Waals surface area contributed by atoms with Crippen LogP contribution in [-0.2, 0) is 9.59 Å². The van der Waals surface area contributed by atoms with Crippen LogP contribution >= 0.6 is 11.6 Å². The lowest BCUT2D eigenvalue weighted by molar-refractivity contribution is -0.132. The number of nitrogens with zero attached hydrogens (tertiary/aromatic N) is 1. The number of ketones is 1. The number of halogens is 1. The Morgan fingerprint density at radius 1 is 1.03 bits per heavy atom. The number of hydrogen-bond acceptors (Lipinski definition) is 4. The molecule has 6 heteroatoms. The van der Waals surface area contributed by atoms with Crippen molar-refractivity contribution in [3.05, 3.63) is 100 Å². The van der Waals surface area contributed by atoms with E-state index in [0.29, 0.717) is 34.2 Å². The lowest BCUT2D eigenvalue weighted by Crippen LogP contribution is -2.29. The Morgan fingerprint density at radius 3 is 2.44 bits per heavy atom. The van der Waals surface area contributed by atoms with Crippen molar-refractivity contribution in [1.29, 1.82) is 0 Å². The molecule has 1 unspecified atom stereocenters. The Morgan fingerprint density at radius 2 is 1.75 bits per heavy atom. The third kappa shape index (κ3) is 3.99. The zero-order valence-corrected chi connectivity index (χ0v) is 18.5. The molecule has 0 aliphatic carbocycles. The van der Waals surface area contributed by atoms with E-state index in [1.54, 1.807) is 60.7 Å². The van der Waals surface area contributed by atoms with E-state index in [2.05, 4.69) is 0 Å². The molecule has 1 aliphatic rings. The molecule has 0 bridgehead atoms. The van der Waals surface area contributed by atoms with Crippen LogP contribution in [0.15, 0.2) is 78.4 Å². The summed E-state index contributed by atoms with van der Waals surface area (Å²) in [5, 5.41) is 11.6. The van der Waals surface area contributed by atoms with E-state index < -0.39 is 17.7 Å². The summed E-state index contributed by atoms with van der Waals surface area (Å²) in [6, 6.07) is 20.2. The highest BCUT2D eigenvalue weighted by Gasteiger charge is 2.47. The van der Waals surface area contributed by atoms with E-state index in [4.69, 9.17) is 16.3 Å². The molecule has 1 heterocycles. The topological polar surface area (TPSA) is 66.8 Å². The normalized spacial score (nSPS) is 17.6. The van der Waals surface area contributed by atoms with Crippen molar-refractivity contribution in [3.63, 3.8) is 0 Å². The zero-order chi connectivity index (χ0) is 22.8. The third-order valence-corrected chi connectivity index (χ3v) is 5.58. The molecule has 0 radical (unpaired) electrons. The summed E-state index contributed by atoms with van der Waals surface area (Å²) in [5.41, 5.74) is 2.61. The second kappa shape index (κ2) is 8.89. The number of amides is 1. The Kier molecular flexibility index (Phi) is 6.01. The fraction of sp³-hybridized carbons (Fsp3) is 0.154. The van der Waals surface area contributed by atoms with Crippen LogP contribution in [0.1, 0.15) is 29.7 Å². The van der Waals surface area contributed by atoms with Gasteiger partial charge < -0.3 is 9.84 Å². The van der Waals surface area contributed by atoms with Gasteiger partial charge >= 0.3 is 0 Å². The molecule has 32 heavy (non-hydrogen) atoms. The van der Waals surface area contributed by atoms with Crippen LogP contribution in [0.25, 0.3) is 5.76 Å². The highest BCUT2D eigenvalue weighted by molar-refractivity contribution is 6.51. The van der Waals surface area contributed by atoms with Crippen molar-refractivity contribution in [2.75, 3.05) is 11.5 Å². The molecule has 0 spiro atoms. The standard InChI is InChI=1S/C26H22ClNO4/c1-3-32-21-9-4-6-18(14-21)23-22(24(29)17-12-10-16(2)11-13-17)25(30)26(31)28(23)20-8-5-7-19(27)15-20/h4-15,23,29H,3H2,1-2H3/b24-22+. The van der Waals surface area contributed by atoms with Crippen molar-refractivity contribution < 1.29 is 19.4 Å². The number of Topliss-reactive ketones (excluding diaryl/α,β-unsaturated/α-hetero) is 1. The molecule has 0 saturated carbocycles. The van der Waals surface area contributed by atoms with Gasteiger partial charge in [-0.3, -0.25) is 14.5 Å². The molecular weight excluding hydrogens is 426 g/mol. The van der Waals surface area contributed by atoms with Crippen molar-refractivity contribution in [2.24, 2.45) is 0 Å². The van der Waals surface area contributed by atoms with Crippen LogP contribution in [0, 0.1) is 6.92 Å². The summed E-state index contributed by atoms with van der Waals surface area (Å²) >= 11 is 6.17. The Hall–Kier alpha value is -3.57. The van der Waals surface area contributed by atoms with Gasteiger partial charge in [0.05, 0.1) is 18.2 Å². The summed E-state index contributed by atoms with van der Waals surface area (Å²) in [6.45, 7) is 4.28. The molecule has 1 fully saturated rings. The van der Waals surface area contributed by atoms with Crippen LogP contribution in [0.5, 0.6) is 5.75 Å². The fourth-order valence-corrected chi connectivity index (χ4v) is 4.03. The van der Waals surface area contributed by atoms with E-state index in [1.807, 2.05) is 26.0 Å². The Bertz CT molecular complexity index is 1220. The molecule has 5 nitrogen and oxygen atoms in total. The summed E-state index contributed by atoms with van der Waals surface area (Å²) in [5.74, 6) is -1.10. The summed E-state index contributed by atoms with van der Waals surface area (Å²) in [6.07, 6.45) is 0. The smallest absolute Gasteiger partial charge is 0.300 e. The van der Waals surface area contributed by atoms with Crippen molar-refractivity contribution >= 4 is 34.7 Å². The average Bonchev–Trinajstić information content (AvgIpc) is 3.05. The second-order valence-electron chi connectivity index (χ2n) is 7.52. The highest BCUT2D eigenvalue weighted by atomic mass is 35.5. The average molecular weight is 448 g/mol. The van der Waals surface area contributed by atoms with Gasteiger partial charge in [0.25, 0.3) is 11.7 Å². The molecule has 1 atom stereocenters. The maximum atomic E-state index is 13.2. The number of rotatable bonds is 5. The minimum atomic E-state index is -0.838. The number of hydrogen-bond donors (Lipinski definition) is 1. The summed E-state index contributed by atoms with van der Waals surface area (Å²) < 4.78 is 5.63. The number of ether oxygens (including phenoxy) is 1. The van der Waals surface area contributed by atoms with E-state index >= 15 is 0 Å². The van der Waals surface area contributed by atoms with E-state index in [0.717, 1.165) is 5.56 Å². The Balaban J connectivity index is 1.94. The SMILES string of the molecule is CCOc1cccc(C2/C(=C(\O)c3ccc(C)cc3)C(=O)C(=O)N2c2cccc(Cl)c2)c1. The van der Waals surface area contributed by atoms with E-state index in [1.165, 1.54) is 4.90 Å². The van der Waals surface area contributed by atoms with Gasteiger partial charge in [0.15, 0.2) is 0 Å². The summed E-state index contributed by atoms with van der Waals surface area (Å²) in [4.78, 5) is 27.7. The molecule has 1 aliphatic heterocycles. The van der Waals surface area contributed by atoms with Gasteiger partial charge in [0.1, 0.15) is 11.5 Å². The first-order valence-electron chi connectivity index (χ1n) is 10.3. The molecule has 0 aromatic heterocycles. The molecule has 1 N–H and O–H groups in total. The minimum Gasteiger partial charge on any atom is -0.507 e. The molecule has 1 saturated heterocycles. The lowest BCUT2D eigenvalue weighted by atomic mass is 9.94. The van der Waals surface area contributed by atoms with Crippen LogP contribution in [-0.4, -0.2) is 23.4 Å². The number of carbonyl (C=O) groups is 2. The van der Waals surface area contributed by atoms with E-state index in [9.17, 15) is 14.7 Å². The van der Waals surface area contributed by atoms with Gasteiger partial charge in [-0.05, 0) is 49.7 Å². The van der Waals surface area contributed by atoms with Crippen LogP contribution in [0.4, 0.5) is 5.69 Å². The fourth-order valence-electron chi connectivity index (χ4n) is 3.85. The van der Waals surface area contributed by atoms with Crippen LogP contribution in [0.2, 0.25) is 5.02 Å². The van der Waals surface area contributed by atoms with Gasteiger partial charge in [-0.2, -0.15) is 0 Å². The third-order valence-electron chi connectivity index (χ3n) is 5.34. The van der Waals surface area contributed by atoms with Crippen molar-refractivity contribution in [3.8, 4) is 5.75 Å². The van der Waals surface area contributed by atoms with Crippen molar-refractivity contribution in [2.45, 2.75) is 19.9 Å². The molecule has 1 amide bonds. The first-order valence-corrected chi connectivity index (χ1v) is 10.6. The molecular formula is C26H22ClNO4. The number of aliphatic hydroxyl groups is 1. The highest BCUT2D eigenvalue weighted by Crippen LogP contribution is 2.43. The van der Waals surface area contributed by atoms with Gasteiger partial charge in [0, 0.05) is 16.3 Å². The first-order chi connectivity index (χ1) is 15.4. The number of aryl methyl sites for hydroxylation is 1. The van der Waals surface area contributed by atoms with Gasteiger partial charge in [-0.15, -0.1) is 0 Å². The second-order valence-corrected chi connectivity index (χ2v) is 7.96. The number of anilines is 1. The maximum absolute atomic E-state index is 13.2. The molecule has 4 rings (SSSR count). The number of aliphatic hydroxyl groups excluding tert-OH is 1. The molecule has 3 aromatic carbocycles. The first kappa shape index (κ1) is 21.7. The van der Waals surface area contributed by atoms with Crippen molar-refractivity contribution in [1.82, 2.24) is 0 Å². The molecule has 3 aromatic rings.